The predicted molar refractivity (Wildman–Crippen MR) is 105 cm³/mol. The number of anilines is 1. The number of carbonyl (C=O) groups excluding carboxylic acids is 2. The van der Waals surface area contributed by atoms with Crippen LogP contribution >= 0.6 is 34.8 Å². The molecule has 0 aliphatic heterocycles. The van der Waals surface area contributed by atoms with Gasteiger partial charge in [0.2, 0.25) is 0 Å². The Morgan fingerprint density at radius 3 is 2.23 bits per heavy atom. The van der Waals surface area contributed by atoms with Gasteiger partial charge in [-0.1, -0.05) is 46.9 Å². The number of benzene rings is 2. The topological polar surface area (TPSA) is 62.6 Å². The van der Waals surface area contributed by atoms with Crippen LogP contribution in [-0.4, -0.2) is 32.5 Å². The fourth-order valence-electron chi connectivity index (χ4n) is 2.42. The van der Waals surface area contributed by atoms with Gasteiger partial charge in [-0.25, -0.2) is 0 Å². The van der Waals surface area contributed by atoms with Gasteiger partial charge in [-0.3, -0.25) is 9.59 Å². The molecule has 0 saturated heterocycles. The van der Waals surface area contributed by atoms with E-state index >= 15 is 0 Å². The monoisotopic (exact) mass is 414 g/mol. The maximum Gasteiger partial charge on any atom is 0.279 e. The van der Waals surface area contributed by atoms with E-state index in [0.717, 1.165) is 10.5 Å². The quantitative estimate of drug-likeness (QED) is 0.635. The van der Waals surface area contributed by atoms with Crippen molar-refractivity contribution in [3.8, 4) is 0 Å². The Balaban J connectivity index is 1.93. The molecular formula is C18H19Cl3N3O2+. The maximum atomic E-state index is 12.2. The molecule has 0 aliphatic carbocycles. The fourth-order valence-corrected chi connectivity index (χ4v) is 3.01. The summed E-state index contributed by atoms with van der Waals surface area (Å²) in [6.45, 7) is 0.879. The van der Waals surface area contributed by atoms with Crippen LogP contribution in [-0.2, 0) is 11.3 Å². The Hall–Kier alpha value is -1.79. The van der Waals surface area contributed by atoms with Gasteiger partial charge in [0.05, 0.1) is 27.8 Å². The van der Waals surface area contributed by atoms with Gasteiger partial charge in [0.15, 0.2) is 6.54 Å². The van der Waals surface area contributed by atoms with Crippen molar-refractivity contribution >= 4 is 52.3 Å². The molecule has 1 atom stereocenters. The first-order valence-corrected chi connectivity index (χ1v) is 9.00. The summed E-state index contributed by atoms with van der Waals surface area (Å²) < 4.78 is 0. The lowest BCUT2D eigenvalue weighted by Crippen LogP contribution is -3.08. The van der Waals surface area contributed by atoms with E-state index in [-0.39, 0.29) is 18.4 Å². The van der Waals surface area contributed by atoms with Crippen molar-refractivity contribution in [1.82, 2.24) is 5.32 Å². The van der Waals surface area contributed by atoms with E-state index in [1.165, 1.54) is 12.1 Å². The average Bonchev–Trinajstić information content (AvgIpc) is 2.59. The van der Waals surface area contributed by atoms with Crippen molar-refractivity contribution < 1.29 is 14.5 Å². The van der Waals surface area contributed by atoms with Gasteiger partial charge in [0.1, 0.15) is 6.54 Å². The zero-order chi connectivity index (χ0) is 19.3. The highest BCUT2D eigenvalue weighted by atomic mass is 35.5. The number of nitrogens with one attached hydrogen (secondary N) is 3. The Bertz CT molecular complexity index is 810. The van der Waals surface area contributed by atoms with Gasteiger partial charge in [-0.2, -0.15) is 0 Å². The number of rotatable bonds is 6. The third-order valence-electron chi connectivity index (χ3n) is 3.70. The highest BCUT2D eigenvalue weighted by molar-refractivity contribution is 6.44. The molecule has 8 heteroatoms. The van der Waals surface area contributed by atoms with Crippen LogP contribution in [0.4, 0.5) is 5.69 Å². The van der Waals surface area contributed by atoms with E-state index in [0.29, 0.717) is 32.9 Å². The number of halogens is 3. The van der Waals surface area contributed by atoms with E-state index < -0.39 is 0 Å². The van der Waals surface area contributed by atoms with Crippen LogP contribution in [0.2, 0.25) is 15.1 Å². The van der Waals surface area contributed by atoms with Crippen LogP contribution in [0, 0.1) is 0 Å². The molecule has 0 saturated carbocycles. The predicted octanol–water partition coefficient (Wildman–Crippen LogP) is 2.66. The fraction of sp³-hybridized carbons (Fsp3) is 0.222. The number of carbonyl (C=O) groups is 2. The Kier molecular flexibility index (Phi) is 7.29. The van der Waals surface area contributed by atoms with E-state index in [2.05, 4.69) is 10.6 Å². The lowest BCUT2D eigenvalue weighted by molar-refractivity contribution is -0.885. The molecule has 0 heterocycles. The summed E-state index contributed by atoms with van der Waals surface area (Å²) in [5.41, 5.74) is 2.05. The van der Waals surface area contributed by atoms with E-state index in [4.69, 9.17) is 34.8 Å². The first kappa shape index (κ1) is 20.5. The second kappa shape index (κ2) is 9.24. The van der Waals surface area contributed by atoms with Gasteiger partial charge < -0.3 is 15.5 Å². The SMILES string of the molecule is CNC(=O)c1ccc(C[NH+](C)CC(=O)Nc2cc(Cl)c(Cl)cc2Cl)cc1. The minimum absolute atomic E-state index is 0.130. The van der Waals surface area contributed by atoms with Crippen LogP contribution < -0.4 is 15.5 Å². The van der Waals surface area contributed by atoms with Crippen molar-refractivity contribution in [3.63, 3.8) is 0 Å². The number of hydrogen-bond acceptors (Lipinski definition) is 2. The number of likely N-dealkylation sites (N-methyl/N-ethyl adjacent to an activating group) is 1. The van der Waals surface area contributed by atoms with Crippen molar-refractivity contribution in [1.29, 1.82) is 0 Å². The second-order valence-electron chi connectivity index (χ2n) is 5.88. The molecule has 26 heavy (non-hydrogen) atoms. The summed E-state index contributed by atoms with van der Waals surface area (Å²) in [6, 6.07) is 10.3. The van der Waals surface area contributed by atoms with Gasteiger partial charge in [-0.05, 0) is 24.3 Å². The Labute approximate surface area is 167 Å². The molecule has 2 aromatic rings. The first-order chi connectivity index (χ1) is 12.3. The second-order valence-corrected chi connectivity index (χ2v) is 7.10. The van der Waals surface area contributed by atoms with E-state index in [9.17, 15) is 9.59 Å². The van der Waals surface area contributed by atoms with Crippen LogP contribution in [0.25, 0.3) is 0 Å². The molecule has 138 valence electrons. The summed E-state index contributed by atoms with van der Waals surface area (Å²) in [4.78, 5) is 24.7. The minimum Gasteiger partial charge on any atom is -0.355 e. The molecule has 0 aliphatic rings. The van der Waals surface area contributed by atoms with Crippen LogP contribution in [0.15, 0.2) is 36.4 Å². The lowest BCUT2D eigenvalue weighted by Gasteiger charge is -2.15. The molecule has 3 N–H and O–H groups in total. The molecule has 1 unspecified atom stereocenters. The van der Waals surface area contributed by atoms with Gasteiger partial charge >= 0.3 is 0 Å². The minimum atomic E-state index is -0.190. The summed E-state index contributed by atoms with van der Waals surface area (Å²) in [5.74, 6) is -0.320. The van der Waals surface area contributed by atoms with Crippen molar-refractivity contribution in [2.24, 2.45) is 0 Å². The standard InChI is InChI=1S/C18H18Cl3N3O2/c1-22-18(26)12-5-3-11(4-6-12)9-24(2)10-17(25)23-16-8-14(20)13(19)7-15(16)21/h3-8H,9-10H2,1-2H3,(H,22,26)(H,23,25)/p+1. The van der Waals surface area contributed by atoms with Crippen LogP contribution in [0.5, 0.6) is 0 Å². The summed E-state index contributed by atoms with van der Waals surface area (Å²) in [7, 11) is 3.50. The van der Waals surface area contributed by atoms with Crippen LogP contribution in [0.1, 0.15) is 15.9 Å². The molecule has 0 aromatic heterocycles. The van der Waals surface area contributed by atoms with Crippen molar-refractivity contribution in [3.05, 3.63) is 62.6 Å². The number of quaternary nitrogens is 1. The summed E-state index contributed by atoms with van der Waals surface area (Å²) in [5, 5.41) is 6.30. The zero-order valence-electron chi connectivity index (χ0n) is 14.3. The zero-order valence-corrected chi connectivity index (χ0v) is 16.6. The van der Waals surface area contributed by atoms with Gasteiger partial charge in [0.25, 0.3) is 11.8 Å². The lowest BCUT2D eigenvalue weighted by atomic mass is 10.1. The number of amides is 2. The molecule has 5 nitrogen and oxygen atoms in total. The Morgan fingerprint density at radius 2 is 1.62 bits per heavy atom. The first-order valence-electron chi connectivity index (χ1n) is 7.87. The smallest absolute Gasteiger partial charge is 0.279 e. The summed E-state index contributed by atoms with van der Waals surface area (Å²) in [6.07, 6.45) is 0. The third kappa shape index (κ3) is 5.61. The molecular weight excluding hydrogens is 397 g/mol. The Morgan fingerprint density at radius 1 is 1.00 bits per heavy atom. The summed E-state index contributed by atoms with van der Waals surface area (Å²) >= 11 is 17.9. The average molecular weight is 416 g/mol. The van der Waals surface area contributed by atoms with Gasteiger partial charge in [0, 0.05) is 18.2 Å². The van der Waals surface area contributed by atoms with E-state index in [1.54, 1.807) is 19.2 Å². The van der Waals surface area contributed by atoms with E-state index in [1.807, 2.05) is 19.2 Å². The third-order valence-corrected chi connectivity index (χ3v) is 4.73. The molecule has 0 spiro atoms. The molecule has 0 radical (unpaired) electrons. The highest BCUT2D eigenvalue weighted by Gasteiger charge is 2.14. The molecule has 0 fully saturated rings. The molecule has 2 aromatic carbocycles. The largest absolute Gasteiger partial charge is 0.355 e. The molecule has 2 rings (SSSR count). The molecule has 0 bridgehead atoms. The highest BCUT2D eigenvalue weighted by Crippen LogP contribution is 2.32. The van der Waals surface area contributed by atoms with Crippen molar-refractivity contribution in [2.45, 2.75) is 6.54 Å². The normalized spacial score (nSPS) is 11.7. The van der Waals surface area contributed by atoms with Crippen molar-refractivity contribution in [2.75, 3.05) is 26.0 Å². The number of hydrogen-bond donors (Lipinski definition) is 3. The maximum absolute atomic E-state index is 12.2. The molecule has 2 amide bonds. The van der Waals surface area contributed by atoms with Gasteiger partial charge in [-0.15, -0.1) is 0 Å². The van der Waals surface area contributed by atoms with Crippen LogP contribution in [0.3, 0.4) is 0 Å².